The molecule has 7 nitrogen and oxygen atoms in total. The van der Waals surface area contributed by atoms with Crippen LogP contribution >= 0.6 is 11.6 Å². The Labute approximate surface area is 133 Å². The van der Waals surface area contributed by atoms with Crippen molar-refractivity contribution < 1.29 is 14.6 Å². The number of ether oxygens (including phenoxy) is 1. The number of nitrogens with zero attached hydrogens (tertiary/aromatic N) is 4. The first-order valence-corrected chi connectivity index (χ1v) is 7.61. The number of amides is 1. The Morgan fingerprint density at radius 3 is 2.82 bits per heavy atom. The molecule has 0 radical (unpaired) electrons. The highest BCUT2D eigenvalue weighted by Crippen LogP contribution is 2.39. The summed E-state index contributed by atoms with van der Waals surface area (Å²) >= 11 is 5.94. The van der Waals surface area contributed by atoms with Gasteiger partial charge < -0.3 is 14.7 Å². The lowest BCUT2D eigenvalue weighted by atomic mass is 10.1. The van der Waals surface area contributed by atoms with Crippen molar-refractivity contribution >= 4 is 29.2 Å². The van der Waals surface area contributed by atoms with Crippen molar-refractivity contribution in [2.75, 3.05) is 22.9 Å². The second kappa shape index (κ2) is 5.24. The van der Waals surface area contributed by atoms with Gasteiger partial charge in [0.15, 0.2) is 11.0 Å². The molecule has 0 saturated carbocycles. The topological polar surface area (TPSA) is 78.8 Å². The van der Waals surface area contributed by atoms with Gasteiger partial charge >= 0.3 is 6.09 Å². The van der Waals surface area contributed by atoms with Gasteiger partial charge in [-0.2, -0.15) is 0 Å². The summed E-state index contributed by atoms with van der Waals surface area (Å²) < 4.78 is 5.44. The van der Waals surface area contributed by atoms with Crippen LogP contribution in [0.25, 0.3) is 0 Å². The van der Waals surface area contributed by atoms with Crippen LogP contribution in [0.1, 0.15) is 27.2 Å². The van der Waals surface area contributed by atoms with Crippen LogP contribution in [0.3, 0.4) is 0 Å². The van der Waals surface area contributed by atoms with Crippen molar-refractivity contribution in [2.24, 2.45) is 0 Å². The van der Waals surface area contributed by atoms with Crippen LogP contribution in [0.15, 0.2) is 6.07 Å². The summed E-state index contributed by atoms with van der Waals surface area (Å²) in [7, 11) is 0. The van der Waals surface area contributed by atoms with Gasteiger partial charge in [0, 0.05) is 18.7 Å². The van der Waals surface area contributed by atoms with Crippen LogP contribution in [-0.2, 0) is 4.74 Å². The molecular formula is C14H19ClN4O3. The third-order valence-corrected chi connectivity index (χ3v) is 3.87. The molecule has 0 aliphatic carbocycles. The molecule has 1 fully saturated rings. The number of fused-ring (bicyclic) bond motifs is 3. The number of aliphatic hydroxyl groups is 1. The smallest absolute Gasteiger partial charge is 0.416 e. The molecule has 1 amide bonds. The van der Waals surface area contributed by atoms with E-state index in [2.05, 4.69) is 10.2 Å². The van der Waals surface area contributed by atoms with Crippen LogP contribution in [0.4, 0.5) is 16.3 Å². The number of rotatable bonds is 0. The number of carbonyl (C=O) groups is 1. The van der Waals surface area contributed by atoms with Crippen molar-refractivity contribution in [1.82, 2.24) is 10.2 Å². The lowest BCUT2D eigenvalue weighted by Crippen LogP contribution is -2.50. The number of carbonyl (C=O) groups excluding carboxylic acids is 1. The van der Waals surface area contributed by atoms with Gasteiger partial charge in [-0.15, -0.1) is 10.2 Å². The van der Waals surface area contributed by atoms with Gasteiger partial charge in [0.2, 0.25) is 0 Å². The highest BCUT2D eigenvalue weighted by molar-refractivity contribution is 6.29. The van der Waals surface area contributed by atoms with E-state index in [0.29, 0.717) is 31.0 Å². The standard InChI is InChI=1S/C14H19ClN4O3/c1-14(2,3)22-13(21)19-6-8-4-9(20)7-18(8)10-5-11(15)16-17-12(10)19/h5,8-9,20H,4,6-7H2,1-3H3/t8-,9-/m0/s1. The van der Waals surface area contributed by atoms with Crippen LogP contribution in [0, 0.1) is 0 Å². The second-order valence-electron chi connectivity index (χ2n) is 6.66. The summed E-state index contributed by atoms with van der Waals surface area (Å²) in [5.74, 6) is 0.420. The maximum atomic E-state index is 12.5. The summed E-state index contributed by atoms with van der Waals surface area (Å²) in [6.45, 7) is 6.36. The predicted octanol–water partition coefficient (Wildman–Crippen LogP) is 1.82. The summed E-state index contributed by atoms with van der Waals surface area (Å²) in [5, 5.41) is 18.1. The van der Waals surface area contributed by atoms with Gasteiger partial charge in [0.25, 0.3) is 0 Å². The van der Waals surface area contributed by atoms with E-state index >= 15 is 0 Å². The van der Waals surface area contributed by atoms with Gasteiger partial charge in [0.05, 0.1) is 18.3 Å². The van der Waals surface area contributed by atoms with Crippen LogP contribution in [-0.4, -0.2) is 52.2 Å². The van der Waals surface area contributed by atoms with Crippen molar-refractivity contribution in [3.8, 4) is 0 Å². The third kappa shape index (κ3) is 2.83. The zero-order valence-electron chi connectivity index (χ0n) is 12.8. The molecule has 3 heterocycles. The Morgan fingerprint density at radius 2 is 2.14 bits per heavy atom. The highest BCUT2D eigenvalue weighted by Gasteiger charge is 2.42. The fourth-order valence-electron chi connectivity index (χ4n) is 2.89. The Morgan fingerprint density at radius 1 is 1.41 bits per heavy atom. The highest BCUT2D eigenvalue weighted by atomic mass is 35.5. The van der Waals surface area contributed by atoms with E-state index in [0.717, 1.165) is 0 Å². The van der Waals surface area contributed by atoms with Gasteiger partial charge in [-0.05, 0) is 27.2 Å². The fraction of sp³-hybridized carbons (Fsp3) is 0.643. The minimum absolute atomic E-state index is 0.0234. The average Bonchev–Trinajstić information content (AvgIpc) is 2.76. The van der Waals surface area contributed by atoms with E-state index in [-0.39, 0.29) is 11.2 Å². The molecule has 2 aliphatic heterocycles. The molecule has 0 spiro atoms. The van der Waals surface area contributed by atoms with Crippen LogP contribution < -0.4 is 9.80 Å². The molecule has 8 heteroatoms. The van der Waals surface area contributed by atoms with Crippen molar-refractivity contribution in [1.29, 1.82) is 0 Å². The summed E-state index contributed by atoms with van der Waals surface area (Å²) in [6.07, 6.45) is -0.298. The van der Waals surface area contributed by atoms with E-state index in [4.69, 9.17) is 16.3 Å². The number of anilines is 2. The minimum Gasteiger partial charge on any atom is -0.443 e. The van der Waals surface area contributed by atoms with Crippen LogP contribution in [0.2, 0.25) is 5.15 Å². The average molecular weight is 327 g/mol. The summed E-state index contributed by atoms with van der Waals surface area (Å²) in [6, 6.07) is 1.70. The number of aromatic nitrogens is 2. The van der Waals surface area contributed by atoms with Gasteiger partial charge in [-0.3, -0.25) is 4.90 Å². The van der Waals surface area contributed by atoms with Gasteiger partial charge in [-0.25, -0.2) is 4.79 Å². The lowest BCUT2D eigenvalue weighted by molar-refractivity contribution is 0.0574. The zero-order chi connectivity index (χ0) is 16.1. The molecule has 1 N–H and O–H groups in total. The first-order chi connectivity index (χ1) is 10.2. The monoisotopic (exact) mass is 326 g/mol. The molecule has 0 unspecified atom stereocenters. The van der Waals surface area contributed by atoms with E-state index < -0.39 is 17.8 Å². The maximum Gasteiger partial charge on any atom is 0.416 e. The van der Waals surface area contributed by atoms with Crippen molar-refractivity contribution in [3.05, 3.63) is 11.2 Å². The summed E-state index contributed by atoms with van der Waals surface area (Å²) in [4.78, 5) is 16.0. The lowest BCUT2D eigenvalue weighted by Gasteiger charge is -2.38. The zero-order valence-corrected chi connectivity index (χ0v) is 13.5. The first-order valence-electron chi connectivity index (χ1n) is 7.23. The molecule has 1 aromatic heterocycles. The Kier molecular flexibility index (Phi) is 3.65. The SMILES string of the molecule is CC(C)(C)OC(=O)N1C[C@@H]2C[C@H](O)CN2c2cc(Cl)nnc21. The molecule has 22 heavy (non-hydrogen) atoms. The number of halogens is 1. The molecule has 3 rings (SSSR count). The molecule has 1 saturated heterocycles. The maximum absolute atomic E-state index is 12.5. The number of aliphatic hydroxyl groups excluding tert-OH is 1. The summed E-state index contributed by atoms with van der Waals surface area (Å²) in [5.41, 5.74) is 0.113. The van der Waals surface area contributed by atoms with Crippen molar-refractivity contribution in [3.63, 3.8) is 0 Å². The molecule has 1 aromatic rings. The molecule has 2 atom stereocenters. The first kappa shape index (κ1) is 15.3. The minimum atomic E-state index is -0.594. The Hall–Kier alpha value is -1.60. The number of hydrogen-bond acceptors (Lipinski definition) is 6. The number of hydrogen-bond donors (Lipinski definition) is 1. The molecule has 2 aliphatic rings. The Balaban J connectivity index is 1.97. The van der Waals surface area contributed by atoms with E-state index in [1.165, 1.54) is 4.90 Å². The third-order valence-electron chi connectivity index (χ3n) is 3.69. The second-order valence-corrected chi connectivity index (χ2v) is 7.05. The van der Waals surface area contributed by atoms with E-state index in [1.807, 2.05) is 25.7 Å². The molecular weight excluding hydrogens is 308 g/mol. The fourth-order valence-corrected chi connectivity index (χ4v) is 3.03. The van der Waals surface area contributed by atoms with Crippen molar-refractivity contribution in [2.45, 2.75) is 44.9 Å². The molecule has 120 valence electrons. The van der Waals surface area contributed by atoms with Gasteiger partial charge in [-0.1, -0.05) is 11.6 Å². The van der Waals surface area contributed by atoms with Crippen LogP contribution in [0.5, 0.6) is 0 Å². The predicted molar refractivity (Wildman–Crippen MR) is 82.4 cm³/mol. The van der Waals surface area contributed by atoms with Gasteiger partial charge in [0.1, 0.15) is 5.60 Å². The largest absolute Gasteiger partial charge is 0.443 e. The quantitative estimate of drug-likeness (QED) is 0.783. The molecule has 0 bridgehead atoms. The van der Waals surface area contributed by atoms with E-state index in [1.54, 1.807) is 6.07 Å². The Bertz CT molecular complexity index is 604. The normalized spacial score (nSPS) is 24.0. The van der Waals surface area contributed by atoms with E-state index in [9.17, 15) is 9.90 Å². The molecule has 0 aromatic carbocycles.